The van der Waals surface area contributed by atoms with Gasteiger partial charge in [-0.15, -0.1) is 0 Å². The molecule has 2 aromatic rings. The highest BCUT2D eigenvalue weighted by Crippen LogP contribution is 2.30. The summed E-state index contributed by atoms with van der Waals surface area (Å²) >= 11 is 15.9. The van der Waals surface area contributed by atoms with Crippen LogP contribution in [0.15, 0.2) is 18.2 Å². The first-order valence-electron chi connectivity index (χ1n) is 5.11. The fourth-order valence-electron chi connectivity index (χ4n) is 1.75. The zero-order valence-electron chi connectivity index (χ0n) is 9.47. The van der Waals surface area contributed by atoms with Crippen molar-refractivity contribution in [3.8, 4) is 5.69 Å². The molecule has 1 aromatic carbocycles. The Morgan fingerprint density at radius 3 is 2.53 bits per heavy atom. The van der Waals surface area contributed by atoms with Crippen LogP contribution in [0.1, 0.15) is 17.0 Å². The van der Waals surface area contributed by atoms with E-state index in [0.29, 0.717) is 10.0 Å². The number of aromatic nitrogens is 2. The zero-order chi connectivity index (χ0) is 12.6. The lowest BCUT2D eigenvalue weighted by Gasteiger charge is -2.11. The first-order valence-corrected chi connectivity index (χ1v) is 6.99. The van der Waals surface area contributed by atoms with E-state index < -0.39 is 0 Å². The number of nitrogens with zero attached hydrogens (tertiary/aromatic N) is 2. The Kier molecular flexibility index (Phi) is 3.81. The normalized spacial score (nSPS) is 10.9. The molecular weight excluding hydrogens is 323 g/mol. The van der Waals surface area contributed by atoms with Crippen LogP contribution >= 0.6 is 39.1 Å². The molecular formula is C12H11BrCl2N2. The number of aryl methyl sites for hydroxylation is 1. The molecule has 0 aliphatic heterocycles. The molecule has 0 bridgehead atoms. The Bertz CT molecular complexity index is 564. The summed E-state index contributed by atoms with van der Waals surface area (Å²) in [6.07, 6.45) is 0. The third-order valence-corrected chi connectivity index (χ3v) is 4.09. The second-order valence-electron chi connectivity index (χ2n) is 3.78. The molecule has 0 spiro atoms. The van der Waals surface area contributed by atoms with E-state index in [0.717, 1.165) is 28.0 Å². The molecule has 90 valence electrons. The number of hydrogen-bond donors (Lipinski definition) is 0. The van der Waals surface area contributed by atoms with E-state index in [1.807, 2.05) is 32.0 Å². The second-order valence-corrected chi connectivity index (χ2v) is 5.12. The van der Waals surface area contributed by atoms with Crippen LogP contribution < -0.4 is 0 Å². The smallest absolute Gasteiger partial charge is 0.0876 e. The lowest BCUT2D eigenvalue weighted by molar-refractivity contribution is 0.827. The van der Waals surface area contributed by atoms with Crippen LogP contribution in [0, 0.1) is 13.8 Å². The number of benzene rings is 1. The van der Waals surface area contributed by atoms with Crippen molar-refractivity contribution in [2.45, 2.75) is 19.2 Å². The monoisotopic (exact) mass is 332 g/mol. The van der Waals surface area contributed by atoms with Crippen LogP contribution in [0.4, 0.5) is 0 Å². The van der Waals surface area contributed by atoms with Crippen molar-refractivity contribution in [2.75, 3.05) is 0 Å². The van der Waals surface area contributed by atoms with Crippen molar-refractivity contribution in [2.24, 2.45) is 0 Å². The molecule has 1 aromatic heterocycles. The van der Waals surface area contributed by atoms with E-state index in [4.69, 9.17) is 23.2 Å². The van der Waals surface area contributed by atoms with E-state index in [2.05, 4.69) is 21.0 Å². The van der Waals surface area contributed by atoms with Crippen LogP contribution in [-0.4, -0.2) is 9.78 Å². The fraction of sp³-hybridized carbons (Fsp3) is 0.250. The summed E-state index contributed by atoms with van der Waals surface area (Å²) in [5, 5.41) is 6.51. The van der Waals surface area contributed by atoms with Gasteiger partial charge in [-0.1, -0.05) is 51.3 Å². The molecule has 2 nitrogen and oxygen atoms in total. The molecule has 0 saturated heterocycles. The minimum atomic E-state index is 0.671. The maximum absolute atomic E-state index is 6.25. The third kappa shape index (κ3) is 2.24. The summed E-state index contributed by atoms with van der Waals surface area (Å²) in [6.45, 7) is 3.82. The average molecular weight is 334 g/mol. The van der Waals surface area contributed by atoms with Gasteiger partial charge in [0.1, 0.15) is 0 Å². The predicted molar refractivity (Wildman–Crippen MR) is 75.7 cm³/mol. The quantitative estimate of drug-likeness (QED) is 0.729. The molecule has 0 aliphatic rings. The van der Waals surface area contributed by atoms with E-state index in [1.54, 1.807) is 4.68 Å². The minimum absolute atomic E-state index is 0.671. The summed E-state index contributed by atoms with van der Waals surface area (Å²) in [7, 11) is 0. The van der Waals surface area contributed by atoms with Crippen molar-refractivity contribution in [3.05, 3.63) is 45.2 Å². The van der Waals surface area contributed by atoms with E-state index in [9.17, 15) is 0 Å². The zero-order valence-corrected chi connectivity index (χ0v) is 12.6. The van der Waals surface area contributed by atoms with Gasteiger partial charge in [-0.2, -0.15) is 5.10 Å². The molecule has 0 saturated carbocycles. The minimum Gasteiger partial charge on any atom is -0.234 e. The molecule has 0 radical (unpaired) electrons. The van der Waals surface area contributed by atoms with Crippen LogP contribution in [0.5, 0.6) is 0 Å². The van der Waals surface area contributed by atoms with Gasteiger partial charge >= 0.3 is 0 Å². The van der Waals surface area contributed by atoms with E-state index >= 15 is 0 Å². The summed E-state index contributed by atoms with van der Waals surface area (Å²) in [6, 6.07) is 5.80. The third-order valence-electron chi connectivity index (χ3n) is 2.63. The first-order chi connectivity index (χ1) is 8.06. The van der Waals surface area contributed by atoms with Crippen LogP contribution in [0.25, 0.3) is 5.69 Å². The lowest BCUT2D eigenvalue weighted by atomic mass is 10.2. The molecule has 5 heteroatoms. The predicted octanol–water partition coefficient (Wildman–Crippen LogP) is 4.69. The number of para-hydroxylation sites is 1. The molecule has 0 fully saturated rings. The van der Waals surface area contributed by atoms with Gasteiger partial charge in [-0.3, -0.25) is 0 Å². The largest absolute Gasteiger partial charge is 0.234 e. The molecule has 1 heterocycles. The summed E-state index contributed by atoms with van der Waals surface area (Å²) in [4.78, 5) is 0. The van der Waals surface area contributed by atoms with Gasteiger partial charge in [0.15, 0.2) is 0 Å². The van der Waals surface area contributed by atoms with Gasteiger partial charge in [0.25, 0.3) is 0 Å². The van der Waals surface area contributed by atoms with Crippen molar-refractivity contribution < 1.29 is 0 Å². The molecule has 0 atom stereocenters. The average Bonchev–Trinajstić information content (AvgIpc) is 2.56. The number of hydrogen-bond acceptors (Lipinski definition) is 1. The Morgan fingerprint density at radius 2 is 2.00 bits per heavy atom. The summed E-state index contributed by atoms with van der Waals surface area (Å²) in [5.74, 6) is 0. The molecule has 0 N–H and O–H groups in total. The fourth-order valence-corrected chi connectivity index (χ4v) is 2.59. The molecule has 0 unspecified atom stereocenters. The Balaban J connectivity index is 2.72. The van der Waals surface area contributed by atoms with Gasteiger partial charge in [-0.25, -0.2) is 4.68 Å². The van der Waals surface area contributed by atoms with Crippen LogP contribution in [0.2, 0.25) is 10.0 Å². The Hall–Kier alpha value is -0.510. The highest BCUT2D eigenvalue weighted by molar-refractivity contribution is 9.08. The number of rotatable bonds is 2. The summed E-state index contributed by atoms with van der Waals surface area (Å²) < 4.78 is 1.80. The van der Waals surface area contributed by atoms with Gasteiger partial charge in [0.05, 0.1) is 27.1 Å². The summed E-state index contributed by atoms with van der Waals surface area (Å²) in [5.41, 5.74) is 3.68. The van der Waals surface area contributed by atoms with E-state index in [1.165, 1.54) is 0 Å². The van der Waals surface area contributed by atoms with Crippen molar-refractivity contribution in [1.82, 2.24) is 9.78 Å². The van der Waals surface area contributed by atoms with Crippen molar-refractivity contribution in [3.63, 3.8) is 0 Å². The first kappa shape index (κ1) is 12.9. The van der Waals surface area contributed by atoms with Gasteiger partial charge in [0, 0.05) is 5.33 Å². The number of halogens is 3. The second kappa shape index (κ2) is 5.01. The van der Waals surface area contributed by atoms with Crippen LogP contribution in [0.3, 0.4) is 0 Å². The lowest BCUT2D eigenvalue weighted by Crippen LogP contribution is -2.03. The highest BCUT2D eigenvalue weighted by atomic mass is 79.9. The number of alkyl halides is 1. The van der Waals surface area contributed by atoms with Crippen molar-refractivity contribution in [1.29, 1.82) is 0 Å². The molecule has 2 rings (SSSR count). The highest BCUT2D eigenvalue weighted by Gasteiger charge is 2.15. The SMILES string of the molecule is Cc1nn(-c2c(Cl)cccc2CBr)c(C)c1Cl. The van der Waals surface area contributed by atoms with Gasteiger partial charge in [-0.05, 0) is 25.5 Å². The molecule has 0 aliphatic carbocycles. The van der Waals surface area contributed by atoms with Crippen molar-refractivity contribution >= 4 is 39.1 Å². The molecule has 17 heavy (non-hydrogen) atoms. The molecule has 0 amide bonds. The Morgan fingerprint density at radius 1 is 1.29 bits per heavy atom. The van der Waals surface area contributed by atoms with Crippen LogP contribution in [-0.2, 0) is 5.33 Å². The Labute approximate surface area is 119 Å². The topological polar surface area (TPSA) is 17.8 Å². The van der Waals surface area contributed by atoms with Gasteiger partial charge in [0.2, 0.25) is 0 Å². The maximum Gasteiger partial charge on any atom is 0.0876 e. The maximum atomic E-state index is 6.25. The van der Waals surface area contributed by atoms with Gasteiger partial charge < -0.3 is 0 Å². The van der Waals surface area contributed by atoms with E-state index in [-0.39, 0.29) is 0 Å². The standard InChI is InChI=1S/C12H11BrCl2N2/c1-7-11(15)8(2)17(16-7)12-9(6-13)4-3-5-10(12)14/h3-5H,6H2,1-2H3.